The molecule has 1 heterocycles. The highest BCUT2D eigenvalue weighted by molar-refractivity contribution is 6.32. The van der Waals surface area contributed by atoms with Gasteiger partial charge in [0.1, 0.15) is 23.0 Å². The number of carbonyl (C=O) groups excluding carboxylic acids is 2. The minimum Gasteiger partial charge on any atom is -0.460 e. The van der Waals surface area contributed by atoms with Crippen molar-refractivity contribution in [1.82, 2.24) is 9.88 Å². The monoisotopic (exact) mass is 355 g/mol. The lowest BCUT2D eigenvalue weighted by Crippen LogP contribution is -2.37. The second kappa shape index (κ2) is 9.04. The summed E-state index contributed by atoms with van der Waals surface area (Å²) in [6, 6.07) is 2.05. The first-order valence-corrected chi connectivity index (χ1v) is 6.49. The molecule has 0 aliphatic heterocycles. The maximum atomic E-state index is 11.6. The molecule has 0 aliphatic carbocycles. The third kappa shape index (κ3) is 6.95. The van der Waals surface area contributed by atoms with Gasteiger partial charge >= 0.3 is 5.97 Å². The average Bonchev–Trinajstić information content (AvgIpc) is 2.34. The number of esters is 1. The number of hydrogen-bond donors (Lipinski definition) is 1. The Bertz CT molecular complexity index is 492. The van der Waals surface area contributed by atoms with Crippen molar-refractivity contribution in [2.45, 2.75) is 19.1 Å². The zero-order valence-electron chi connectivity index (χ0n) is 11.5. The zero-order valence-corrected chi connectivity index (χ0v) is 13.8. The lowest BCUT2D eigenvalue weighted by atomic mass is 10.2. The number of pyridine rings is 1. The van der Waals surface area contributed by atoms with Gasteiger partial charge in [0.2, 0.25) is 5.91 Å². The predicted octanol–water partition coefficient (Wildman–Crippen LogP) is 1.66. The molecular weight excluding hydrogens is 341 g/mol. The van der Waals surface area contributed by atoms with Gasteiger partial charge in [0.05, 0.1) is 6.42 Å². The van der Waals surface area contributed by atoms with Gasteiger partial charge in [-0.05, 0) is 17.7 Å². The third-order valence-electron chi connectivity index (χ3n) is 2.40. The van der Waals surface area contributed by atoms with Gasteiger partial charge in [-0.25, -0.2) is 4.98 Å². The fourth-order valence-corrected chi connectivity index (χ4v) is 1.82. The van der Waals surface area contributed by atoms with Crippen LogP contribution in [0.5, 0.6) is 0 Å². The van der Waals surface area contributed by atoms with E-state index in [1.165, 1.54) is 17.0 Å². The van der Waals surface area contributed by atoms with Crippen molar-refractivity contribution < 1.29 is 14.3 Å². The lowest BCUT2D eigenvalue weighted by Gasteiger charge is -2.14. The number of hydrogen-bond acceptors (Lipinski definition) is 5. The summed E-state index contributed by atoms with van der Waals surface area (Å²) in [5, 5.41) is 0.409. The van der Waals surface area contributed by atoms with E-state index < -0.39 is 12.0 Å². The lowest BCUT2D eigenvalue weighted by molar-refractivity contribution is -0.148. The Morgan fingerprint density at radius 1 is 1.33 bits per heavy atom. The second-order valence-corrected chi connectivity index (χ2v) is 5.10. The first-order chi connectivity index (χ1) is 9.29. The fourth-order valence-electron chi connectivity index (χ4n) is 1.31. The van der Waals surface area contributed by atoms with E-state index in [9.17, 15) is 9.59 Å². The Morgan fingerprint density at radius 3 is 2.33 bits per heavy atom. The molecule has 1 amide bonds. The average molecular weight is 357 g/mol. The van der Waals surface area contributed by atoms with Crippen molar-refractivity contribution in [2.24, 2.45) is 5.73 Å². The molecule has 0 spiro atoms. The van der Waals surface area contributed by atoms with Crippen LogP contribution in [0.4, 0.5) is 0 Å². The Hall–Kier alpha value is -1.08. The number of amides is 1. The molecule has 0 unspecified atom stereocenters. The van der Waals surface area contributed by atoms with Crippen molar-refractivity contribution in [2.75, 3.05) is 14.1 Å². The van der Waals surface area contributed by atoms with Crippen LogP contribution in [-0.4, -0.2) is 41.9 Å². The van der Waals surface area contributed by atoms with Crippen LogP contribution in [0.2, 0.25) is 10.3 Å². The van der Waals surface area contributed by atoms with Crippen LogP contribution in [0.3, 0.4) is 0 Å². The molecule has 0 fully saturated rings. The highest BCUT2D eigenvalue weighted by Crippen LogP contribution is 2.15. The molecule has 9 heteroatoms. The Labute approximate surface area is 139 Å². The van der Waals surface area contributed by atoms with Gasteiger partial charge in [-0.3, -0.25) is 9.59 Å². The molecule has 21 heavy (non-hydrogen) atoms. The number of ether oxygens (including phenoxy) is 1. The van der Waals surface area contributed by atoms with E-state index in [4.69, 9.17) is 33.7 Å². The summed E-state index contributed by atoms with van der Waals surface area (Å²) in [4.78, 5) is 28.2. The SMILES string of the molecule is CN(C)C(=O)C[C@H](N)C(=O)OCc1cc(Cl)nc(Cl)c1.Cl. The van der Waals surface area contributed by atoms with Crippen molar-refractivity contribution in [3.63, 3.8) is 0 Å². The molecule has 6 nitrogen and oxygen atoms in total. The Kier molecular flexibility index (Phi) is 8.58. The molecule has 2 N–H and O–H groups in total. The van der Waals surface area contributed by atoms with Crippen LogP contribution in [0.25, 0.3) is 0 Å². The summed E-state index contributed by atoms with van der Waals surface area (Å²) >= 11 is 11.4. The van der Waals surface area contributed by atoms with Crippen LogP contribution < -0.4 is 5.73 Å². The standard InChI is InChI=1S/C12H15Cl2N3O3.ClH/c1-17(2)11(18)5-8(15)12(19)20-6-7-3-9(13)16-10(14)4-7;/h3-4,8H,5-6,15H2,1-2H3;1H/t8-;/m0./s1. The first kappa shape index (κ1) is 19.9. The summed E-state index contributed by atoms with van der Waals surface area (Å²) < 4.78 is 5.00. The van der Waals surface area contributed by atoms with E-state index in [1.807, 2.05) is 0 Å². The van der Waals surface area contributed by atoms with Crippen molar-refractivity contribution in [1.29, 1.82) is 0 Å². The smallest absolute Gasteiger partial charge is 0.323 e. The summed E-state index contributed by atoms with van der Waals surface area (Å²) in [5.41, 5.74) is 6.19. The molecule has 0 saturated carbocycles. The summed E-state index contributed by atoms with van der Waals surface area (Å²) in [5.74, 6) is -0.909. The number of aromatic nitrogens is 1. The molecule has 1 atom stereocenters. The van der Waals surface area contributed by atoms with Gasteiger partial charge in [-0.15, -0.1) is 12.4 Å². The molecule has 0 radical (unpaired) electrons. The molecule has 1 aromatic heterocycles. The van der Waals surface area contributed by atoms with Crippen LogP contribution in [0.1, 0.15) is 12.0 Å². The number of nitrogens with zero attached hydrogens (tertiary/aromatic N) is 2. The molecule has 0 saturated heterocycles. The zero-order chi connectivity index (χ0) is 15.3. The first-order valence-electron chi connectivity index (χ1n) is 5.74. The Balaban J connectivity index is 0.00000400. The van der Waals surface area contributed by atoms with Gasteiger partial charge < -0.3 is 15.4 Å². The maximum absolute atomic E-state index is 11.6. The maximum Gasteiger partial charge on any atom is 0.323 e. The van der Waals surface area contributed by atoms with Crippen molar-refractivity contribution in [3.05, 3.63) is 28.0 Å². The van der Waals surface area contributed by atoms with E-state index in [-0.39, 0.29) is 41.6 Å². The summed E-state index contributed by atoms with van der Waals surface area (Å²) in [6.07, 6.45) is -0.107. The normalized spacial score (nSPS) is 11.3. The molecule has 0 bridgehead atoms. The molecule has 1 aromatic rings. The van der Waals surface area contributed by atoms with E-state index in [0.717, 1.165) is 0 Å². The Morgan fingerprint density at radius 2 is 1.86 bits per heavy atom. The van der Waals surface area contributed by atoms with Gasteiger partial charge in [-0.1, -0.05) is 23.2 Å². The van der Waals surface area contributed by atoms with E-state index in [0.29, 0.717) is 5.56 Å². The number of nitrogens with two attached hydrogens (primary N) is 1. The van der Waals surface area contributed by atoms with Gasteiger partial charge in [0.15, 0.2) is 0 Å². The van der Waals surface area contributed by atoms with E-state index in [1.54, 1.807) is 14.1 Å². The minimum absolute atomic E-state index is 0. The number of halogens is 3. The van der Waals surface area contributed by atoms with Crippen molar-refractivity contribution in [3.8, 4) is 0 Å². The van der Waals surface area contributed by atoms with Crippen LogP contribution in [-0.2, 0) is 20.9 Å². The number of carbonyl (C=O) groups is 2. The predicted molar refractivity (Wildman–Crippen MR) is 82.6 cm³/mol. The van der Waals surface area contributed by atoms with Gasteiger partial charge in [0.25, 0.3) is 0 Å². The van der Waals surface area contributed by atoms with Crippen LogP contribution >= 0.6 is 35.6 Å². The fraction of sp³-hybridized carbons (Fsp3) is 0.417. The van der Waals surface area contributed by atoms with E-state index in [2.05, 4.69) is 4.98 Å². The molecule has 118 valence electrons. The van der Waals surface area contributed by atoms with Gasteiger partial charge in [-0.2, -0.15) is 0 Å². The third-order valence-corrected chi connectivity index (χ3v) is 2.79. The number of rotatable bonds is 5. The molecule has 0 aliphatic rings. The molecule has 0 aromatic carbocycles. The topological polar surface area (TPSA) is 85.5 Å². The minimum atomic E-state index is -1.00. The quantitative estimate of drug-likeness (QED) is 0.640. The van der Waals surface area contributed by atoms with Crippen LogP contribution in [0, 0.1) is 0 Å². The van der Waals surface area contributed by atoms with Crippen LogP contribution in [0.15, 0.2) is 12.1 Å². The second-order valence-electron chi connectivity index (χ2n) is 4.33. The van der Waals surface area contributed by atoms with E-state index >= 15 is 0 Å². The van der Waals surface area contributed by atoms with Crippen molar-refractivity contribution >= 4 is 47.5 Å². The molecule has 1 rings (SSSR count). The molecular formula is C12H16Cl3N3O3. The van der Waals surface area contributed by atoms with Gasteiger partial charge in [0, 0.05) is 14.1 Å². The largest absolute Gasteiger partial charge is 0.460 e. The highest BCUT2D eigenvalue weighted by Gasteiger charge is 2.20. The summed E-state index contributed by atoms with van der Waals surface area (Å²) in [6.45, 7) is -0.0371. The summed E-state index contributed by atoms with van der Waals surface area (Å²) in [7, 11) is 3.17. The highest BCUT2D eigenvalue weighted by atomic mass is 35.5.